The second kappa shape index (κ2) is 10.2. The van der Waals surface area contributed by atoms with Crippen LogP contribution in [0.25, 0.3) is 0 Å². The van der Waals surface area contributed by atoms with Crippen molar-refractivity contribution in [1.29, 1.82) is 0 Å². The molecule has 1 aliphatic rings. The number of nitrogen functional groups attached to an aromatic ring is 1. The van der Waals surface area contributed by atoms with Gasteiger partial charge in [0.05, 0.1) is 30.4 Å². The number of nitrogens with one attached hydrogen (secondary N) is 1. The van der Waals surface area contributed by atoms with E-state index in [0.717, 1.165) is 31.5 Å². The summed E-state index contributed by atoms with van der Waals surface area (Å²) >= 11 is 0. The fourth-order valence-corrected chi connectivity index (χ4v) is 4.02. The zero-order valence-corrected chi connectivity index (χ0v) is 19.4. The van der Waals surface area contributed by atoms with E-state index in [1.54, 1.807) is 39.0 Å². The van der Waals surface area contributed by atoms with E-state index in [9.17, 15) is 19.1 Å². The molecular formula is C25H32FN3O4. The van der Waals surface area contributed by atoms with Crippen molar-refractivity contribution >= 4 is 28.9 Å². The van der Waals surface area contributed by atoms with Crippen LogP contribution in [0, 0.1) is 5.82 Å². The molecule has 4 N–H and O–H groups in total. The Kier molecular flexibility index (Phi) is 7.58. The predicted molar refractivity (Wildman–Crippen MR) is 127 cm³/mol. The van der Waals surface area contributed by atoms with Crippen LogP contribution in [0.15, 0.2) is 36.4 Å². The molecule has 0 radical (unpaired) electrons. The van der Waals surface area contributed by atoms with E-state index in [4.69, 9.17) is 10.5 Å². The number of aliphatic hydroxyl groups is 1. The predicted octanol–water partition coefficient (Wildman–Crippen LogP) is 3.90. The number of aliphatic hydroxyl groups excluding tert-OH is 1. The second-order valence-corrected chi connectivity index (χ2v) is 9.32. The highest BCUT2D eigenvalue weighted by atomic mass is 19.1. The van der Waals surface area contributed by atoms with Crippen LogP contribution >= 0.6 is 0 Å². The van der Waals surface area contributed by atoms with Crippen LogP contribution < -0.4 is 16.0 Å². The first-order chi connectivity index (χ1) is 15.6. The average Bonchev–Trinajstić information content (AvgIpc) is 2.74. The number of nitrogens with two attached hydrogens (primary N) is 1. The van der Waals surface area contributed by atoms with Crippen LogP contribution in [0.2, 0.25) is 0 Å². The molecule has 1 heterocycles. The van der Waals surface area contributed by atoms with E-state index < -0.39 is 23.3 Å². The summed E-state index contributed by atoms with van der Waals surface area (Å²) in [4.78, 5) is 27.2. The molecule has 178 valence electrons. The first-order valence-electron chi connectivity index (χ1n) is 11.2. The minimum atomic E-state index is -0.670. The molecule has 1 amide bonds. The maximum absolute atomic E-state index is 13.8. The van der Waals surface area contributed by atoms with Gasteiger partial charge in [0.1, 0.15) is 11.4 Å². The number of carbonyl (C=O) groups excluding carboxylic acids is 2. The molecule has 0 spiro atoms. The van der Waals surface area contributed by atoms with E-state index in [1.165, 1.54) is 18.2 Å². The Bertz CT molecular complexity index is 1020. The van der Waals surface area contributed by atoms with Crippen LogP contribution in [0.4, 0.5) is 21.5 Å². The van der Waals surface area contributed by atoms with Gasteiger partial charge in [-0.15, -0.1) is 0 Å². The van der Waals surface area contributed by atoms with Gasteiger partial charge in [-0.05, 0) is 82.0 Å². The summed E-state index contributed by atoms with van der Waals surface area (Å²) in [6, 6.07) is 8.90. The molecule has 0 saturated carbocycles. The Morgan fingerprint density at radius 3 is 2.64 bits per heavy atom. The minimum absolute atomic E-state index is 0.00959. The van der Waals surface area contributed by atoms with Crippen molar-refractivity contribution in [1.82, 2.24) is 0 Å². The maximum atomic E-state index is 13.8. The van der Waals surface area contributed by atoms with E-state index in [0.29, 0.717) is 22.5 Å². The summed E-state index contributed by atoms with van der Waals surface area (Å²) < 4.78 is 19.1. The summed E-state index contributed by atoms with van der Waals surface area (Å²) in [6.45, 7) is 6.09. The topological polar surface area (TPSA) is 105 Å². The number of piperidine rings is 1. The van der Waals surface area contributed by atoms with Crippen LogP contribution in [0.5, 0.6) is 0 Å². The highest BCUT2D eigenvalue weighted by Gasteiger charge is 2.24. The van der Waals surface area contributed by atoms with Gasteiger partial charge in [0.2, 0.25) is 0 Å². The summed E-state index contributed by atoms with van der Waals surface area (Å²) in [5.41, 5.74) is 7.80. The number of nitrogens with zero attached hydrogens (tertiary/aromatic N) is 1. The second-order valence-electron chi connectivity index (χ2n) is 9.32. The van der Waals surface area contributed by atoms with E-state index in [2.05, 4.69) is 10.2 Å². The molecule has 1 fully saturated rings. The lowest BCUT2D eigenvalue weighted by molar-refractivity contribution is -0.153. The van der Waals surface area contributed by atoms with Gasteiger partial charge in [-0.25, -0.2) is 4.39 Å². The zero-order valence-electron chi connectivity index (χ0n) is 19.4. The highest BCUT2D eigenvalue weighted by Crippen LogP contribution is 2.31. The van der Waals surface area contributed by atoms with Crippen LogP contribution in [-0.4, -0.2) is 41.8 Å². The number of esters is 1. The quantitative estimate of drug-likeness (QED) is 0.449. The van der Waals surface area contributed by atoms with Crippen molar-refractivity contribution in [2.75, 3.05) is 29.1 Å². The fourth-order valence-electron chi connectivity index (χ4n) is 4.02. The molecule has 7 nitrogen and oxygen atoms in total. The number of rotatable bonds is 6. The normalized spacial score (nSPS) is 16.4. The molecule has 1 aliphatic heterocycles. The molecule has 1 atom stereocenters. The van der Waals surface area contributed by atoms with Gasteiger partial charge in [-0.2, -0.15) is 0 Å². The average molecular weight is 458 g/mol. The first-order valence-corrected chi connectivity index (χ1v) is 11.2. The molecule has 0 aliphatic carbocycles. The number of anilines is 3. The van der Waals surface area contributed by atoms with Crippen molar-refractivity contribution in [3.8, 4) is 0 Å². The third kappa shape index (κ3) is 6.44. The van der Waals surface area contributed by atoms with Gasteiger partial charge in [0.25, 0.3) is 5.91 Å². The van der Waals surface area contributed by atoms with Crippen molar-refractivity contribution in [2.24, 2.45) is 0 Å². The Balaban J connectivity index is 1.77. The number of halogens is 1. The molecule has 1 unspecified atom stereocenters. The summed E-state index contributed by atoms with van der Waals surface area (Å²) in [5.74, 6) is -1.46. The zero-order chi connectivity index (χ0) is 24.2. The van der Waals surface area contributed by atoms with Crippen molar-refractivity contribution < 1.29 is 23.8 Å². The number of ether oxygens (including phenoxy) is 1. The molecule has 2 aromatic carbocycles. The number of hydrogen-bond acceptors (Lipinski definition) is 6. The molecule has 1 saturated heterocycles. The van der Waals surface area contributed by atoms with Gasteiger partial charge in [-0.3, -0.25) is 9.59 Å². The van der Waals surface area contributed by atoms with Gasteiger partial charge in [0.15, 0.2) is 0 Å². The number of benzene rings is 2. The van der Waals surface area contributed by atoms with Crippen molar-refractivity contribution in [2.45, 2.75) is 58.1 Å². The van der Waals surface area contributed by atoms with Crippen LogP contribution in [0.1, 0.15) is 56.0 Å². The summed E-state index contributed by atoms with van der Waals surface area (Å²) in [6.07, 6.45) is 2.79. The van der Waals surface area contributed by atoms with E-state index >= 15 is 0 Å². The maximum Gasteiger partial charge on any atom is 0.310 e. The highest BCUT2D eigenvalue weighted by molar-refractivity contribution is 6.06. The Labute approximate surface area is 193 Å². The largest absolute Gasteiger partial charge is 0.460 e. The molecule has 0 aromatic heterocycles. The summed E-state index contributed by atoms with van der Waals surface area (Å²) in [5, 5.41) is 12.4. The van der Waals surface area contributed by atoms with Crippen LogP contribution in [0.3, 0.4) is 0 Å². The van der Waals surface area contributed by atoms with E-state index in [-0.39, 0.29) is 19.1 Å². The molecule has 2 aromatic rings. The Morgan fingerprint density at radius 2 is 1.97 bits per heavy atom. The molecular weight excluding hydrogens is 425 g/mol. The van der Waals surface area contributed by atoms with Gasteiger partial charge in [-0.1, -0.05) is 0 Å². The third-order valence-electron chi connectivity index (χ3n) is 5.51. The third-order valence-corrected chi connectivity index (χ3v) is 5.51. The lowest BCUT2D eigenvalue weighted by Crippen LogP contribution is -2.42. The van der Waals surface area contributed by atoms with Gasteiger partial charge >= 0.3 is 5.97 Å². The number of hydrogen-bond donors (Lipinski definition) is 3. The van der Waals surface area contributed by atoms with Crippen LogP contribution in [-0.2, 0) is 16.0 Å². The Hall–Kier alpha value is -3.13. The fraction of sp³-hybridized carbons (Fsp3) is 0.440. The monoisotopic (exact) mass is 457 g/mol. The lowest BCUT2D eigenvalue weighted by Gasteiger charge is -2.37. The van der Waals surface area contributed by atoms with Crippen molar-refractivity contribution in [3.05, 3.63) is 53.3 Å². The lowest BCUT2D eigenvalue weighted by atomic mass is 10.0. The SMILES string of the molecule is CC(C)(C)OC(=O)Cc1cc(F)ccc1NC(=O)c1ccc(N2CCCCC2CO)c(N)c1. The summed E-state index contributed by atoms with van der Waals surface area (Å²) in [7, 11) is 0. The van der Waals surface area contributed by atoms with Gasteiger partial charge in [0, 0.05) is 17.8 Å². The number of amides is 1. The molecule has 8 heteroatoms. The molecule has 3 rings (SSSR count). The smallest absolute Gasteiger partial charge is 0.310 e. The first kappa shape index (κ1) is 24.5. The molecule has 33 heavy (non-hydrogen) atoms. The van der Waals surface area contributed by atoms with E-state index in [1.807, 2.05) is 0 Å². The number of carbonyl (C=O) groups is 2. The minimum Gasteiger partial charge on any atom is -0.460 e. The standard InChI is InChI=1S/C25H32FN3O4/c1-25(2,3)33-23(31)14-17-12-18(26)8-9-21(17)28-24(32)16-7-10-22(20(27)13-16)29-11-5-4-6-19(29)15-30/h7-10,12-13,19,30H,4-6,11,14-15,27H2,1-3H3,(H,28,32). The molecule has 0 bridgehead atoms. The Morgan fingerprint density at radius 1 is 1.21 bits per heavy atom. The van der Waals surface area contributed by atoms with Crippen molar-refractivity contribution in [3.63, 3.8) is 0 Å². The van der Waals surface area contributed by atoms with Gasteiger partial charge < -0.3 is 25.8 Å².